The molecule has 1 heterocycles. The molecule has 2 rings (SSSR count). The number of ether oxygens (including phenoxy) is 4. The van der Waals surface area contributed by atoms with Crippen molar-refractivity contribution in [3.63, 3.8) is 0 Å². The molecule has 0 aliphatic carbocycles. The summed E-state index contributed by atoms with van der Waals surface area (Å²) >= 11 is 0. The molecule has 1 fully saturated rings. The van der Waals surface area contributed by atoms with E-state index in [-0.39, 0.29) is 18.0 Å². The summed E-state index contributed by atoms with van der Waals surface area (Å²) in [5, 5.41) is 0. The van der Waals surface area contributed by atoms with E-state index in [0.29, 0.717) is 31.0 Å². The summed E-state index contributed by atoms with van der Waals surface area (Å²) in [4.78, 5) is 12.1. The fourth-order valence-corrected chi connectivity index (χ4v) is 4.12. The zero-order chi connectivity index (χ0) is 22.1. The van der Waals surface area contributed by atoms with Crippen LogP contribution in [0.15, 0.2) is 18.2 Å². The van der Waals surface area contributed by atoms with E-state index in [4.69, 9.17) is 18.9 Å². The van der Waals surface area contributed by atoms with E-state index in [1.165, 1.54) is 5.56 Å². The van der Waals surface area contributed by atoms with Gasteiger partial charge in [0.2, 0.25) is 0 Å². The number of methoxy groups -OCH3 is 2. The molecule has 170 valence electrons. The Morgan fingerprint density at radius 1 is 1.10 bits per heavy atom. The van der Waals surface area contributed by atoms with Gasteiger partial charge in [0.25, 0.3) is 0 Å². The minimum atomic E-state index is -0.0125. The topological polar surface area (TPSA) is 54.0 Å². The highest BCUT2D eigenvalue weighted by Gasteiger charge is 2.36. The number of carbonyl (C=O) groups is 1. The van der Waals surface area contributed by atoms with E-state index >= 15 is 0 Å². The van der Waals surface area contributed by atoms with Gasteiger partial charge in [-0.3, -0.25) is 4.79 Å². The average Bonchev–Trinajstić information content (AvgIpc) is 3.09. The van der Waals surface area contributed by atoms with Gasteiger partial charge in [-0.2, -0.15) is 0 Å². The van der Waals surface area contributed by atoms with Gasteiger partial charge >= 0.3 is 5.97 Å². The number of hydrogen-bond acceptors (Lipinski definition) is 5. The molecule has 30 heavy (non-hydrogen) atoms. The maximum Gasteiger partial charge on any atom is 0.309 e. The van der Waals surface area contributed by atoms with E-state index in [0.717, 1.165) is 43.6 Å². The molecule has 0 amide bonds. The van der Waals surface area contributed by atoms with Crippen LogP contribution < -0.4 is 9.47 Å². The van der Waals surface area contributed by atoms with Crippen molar-refractivity contribution < 1.29 is 23.7 Å². The molecule has 0 radical (unpaired) electrons. The van der Waals surface area contributed by atoms with Crippen molar-refractivity contribution in [3.05, 3.63) is 23.8 Å². The number of hydrogen-bond donors (Lipinski definition) is 0. The number of carbonyl (C=O) groups excluding carboxylic acids is 1. The number of cyclic esters (lactones) is 1. The second-order valence-electron chi connectivity index (χ2n) is 9.11. The summed E-state index contributed by atoms with van der Waals surface area (Å²) < 4.78 is 22.1. The SMILES string of the molecule is COCCCOc1cc(C[C@@H](CCC2C[C@@H](C(C)C)C(=O)O2)C(C)C)ccc1OC. The van der Waals surface area contributed by atoms with Crippen LogP contribution in [0.2, 0.25) is 0 Å². The van der Waals surface area contributed by atoms with Gasteiger partial charge in [-0.05, 0) is 61.1 Å². The molecular formula is C25H40O5. The van der Waals surface area contributed by atoms with Crippen LogP contribution >= 0.6 is 0 Å². The van der Waals surface area contributed by atoms with Crippen LogP contribution in [0.3, 0.4) is 0 Å². The van der Waals surface area contributed by atoms with Crippen molar-refractivity contribution in [3.8, 4) is 11.5 Å². The average molecular weight is 421 g/mol. The minimum Gasteiger partial charge on any atom is -0.493 e. The molecule has 1 saturated heterocycles. The van der Waals surface area contributed by atoms with Crippen molar-refractivity contribution in [2.75, 3.05) is 27.4 Å². The predicted octanol–water partition coefficient (Wildman–Crippen LogP) is 5.29. The highest BCUT2D eigenvalue weighted by Crippen LogP contribution is 2.34. The van der Waals surface area contributed by atoms with Crippen LogP contribution in [-0.2, 0) is 20.7 Å². The molecule has 1 aromatic rings. The van der Waals surface area contributed by atoms with Crippen LogP contribution in [0, 0.1) is 23.7 Å². The van der Waals surface area contributed by atoms with Gasteiger partial charge < -0.3 is 18.9 Å². The lowest BCUT2D eigenvalue weighted by molar-refractivity contribution is -0.145. The molecule has 5 heteroatoms. The molecule has 0 N–H and O–H groups in total. The Morgan fingerprint density at radius 2 is 1.87 bits per heavy atom. The van der Waals surface area contributed by atoms with Gasteiger partial charge in [-0.15, -0.1) is 0 Å². The first-order chi connectivity index (χ1) is 14.3. The number of rotatable bonds is 13. The fraction of sp³-hybridized carbons (Fsp3) is 0.720. The molecule has 5 nitrogen and oxygen atoms in total. The summed E-state index contributed by atoms with van der Waals surface area (Å²) in [6, 6.07) is 6.22. The van der Waals surface area contributed by atoms with Gasteiger partial charge in [-0.1, -0.05) is 33.8 Å². The first-order valence-electron chi connectivity index (χ1n) is 11.3. The normalized spacial score (nSPS) is 19.9. The van der Waals surface area contributed by atoms with Gasteiger partial charge in [0.05, 0.1) is 19.6 Å². The van der Waals surface area contributed by atoms with Crippen LogP contribution in [0.4, 0.5) is 0 Å². The summed E-state index contributed by atoms with van der Waals surface area (Å²) in [5.41, 5.74) is 1.25. The van der Waals surface area contributed by atoms with Crippen molar-refractivity contribution in [2.24, 2.45) is 23.7 Å². The molecule has 1 unspecified atom stereocenters. The Labute approximate surface area is 182 Å². The molecule has 1 aliphatic rings. The van der Waals surface area contributed by atoms with Crippen molar-refractivity contribution >= 4 is 5.97 Å². The number of esters is 1. The molecule has 1 aromatic carbocycles. The van der Waals surface area contributed by atoms with Gasteiger partial charge in [0.1, 0.15) is 6.10 Å². The largest absolute Gasteiger partial charge is 0.493 e. The summed E-state index contributed by atoms with van der Waals surface area (Å²) in [6.07, 6.45) is 4.75. The van der Waals surface area contributed by atoms with Gasteiger partial charge in [0.15, 0.2) is 11.5 Å². The van der Waals surface area contributed by atoms with E-state index in [1.807, 2.05) is 6.07 Å². The second-order valence-corrected chi connectivity index (χ2v) is 9.11. The standard InChI is InChI=1S/C25H40O5/c1-17(2)20(9-10-21-16-22(18(3)4)25(26)30-21)14-19-8-11-23(28-6)24(15-19)29-13-7-12-27-5/h8,11,15,17-18,20-22H,7,9-10,12-14,16H2,1-6H3/t20-,21?,22+/m1/s1. The van der Waals surface area contributed by atoms with Crippen LogP contribution in [0.5, 0.6) is 11.5 Å². The lowest BCUT2D eigenvalue weighted by atomic mass is 9.83. The predicted molar refractivity (Wildman–Crippen MR) is 119 cm³/mol. The Kier molecular flexibility index (Phi) is 9.96. The molecule has 0 bridgehead atoms. The monoisotopic (exact) mass is 420 g/mol. The maximum atomic E-state index is 12.1. The third-order valence-electron chi connectivity index (χ3n) is 6.19. The Balaban J connectivity index is 1.96. The summed E-state index contributed by atoms with van der Waals surface area (Å²) in [7, 11) is 3.37. The summed E-state index contributed by atoms with van der Waals surface area (Å²) in [6.45, 7) is 10.0. The zero-order valence-corrected chi connectivity index (χ0v) is 19.6. The Bertz CT molecular complexity index is 655. The zero-order valence-electron chi connectivity index (χ0n) is 19.6. The molecule has 0 aromatic heterocycles. The second kappa shape index (κ2) is 12.2. The Hall–Kier alpha value is -1.75. The lowest BCUT2D eigenvalue weighted by Gasteiger charge is -2.23. The smallest absolute Gasteiger partial charge is 0.309 e. The van der Waals surface area contributed by atoms with Crippen LogP contribution in [0.25, 0.3) is 0 Å². The van der Waals surface area contributed by atoms with E-state index in [9.17, 15) is 4.79 Å². The van der Waals surface area contributed by atoms with Crippen LogP contribution in [0.1, 0.15) is 58.9 Å². The highest BCUT2D eigenvalue weighted by molar-refractivity contribution is 5.74. The Morgan fingerprint density at radius 3 is 2.47 bits per heavy atom. The van der Waals surface area contributed by atoms with Crippen molar-refractivity contribution in [1.29, 1.82) is 0 Å². The van der Waals surface area contributed by atoms with Crippen LogP contribution in [-0.4, -0.2) is 39.5 Å². The lowest BCUT2D eigenvalue weighted by Crippen LogP contribution is -2.16. The first kappa shape index (κ1) is 24.5. The van der Waals surface area contributed by atoms with E-state index in [2.05, 4.69) is 39.8 Å². The molecular weight excluding hydrogens is 380 g/mol. The van der Waals surface area contributed by atoms with Crippen molar-refractivity contribution in [1.82, 2.24) is 0 Å². The molecule has 1 aliphatic heterocycles. The third-order valence-corrected chi connectivity index (χ3v) is 6.19. The molecule has 0 spiro atoms. The quantitative estimate of drug-likeness (QED) is 0.320. The maximum absolute atomic E-state index is 12.1. The van der Waals surface area contributed by atoms with Gasteiger partial charge in [0, 0.05) is 20.1 Å². The minimum absolute atomic E-state index is 0.0125. The number of benzene rings is 1. The van der Waals surface area contributed by atoms with Gasteiger partial charge in [-0.25, -0.2) is 0 Å². The van der Waals surface area contributed by atoms with E-state index < -0.39 is 0 Å². The molecule has 3 atom stereocenters. The highest BCUT2D eigenvalue weighted by atomic mass is 16.6. The summed E-state index contributed by atoms with van der Waals surface area (Å²) in [5.74, 6) is 3.03. The fourth-order valence-electron chi connectivity index (χ4n) is 4.12. The van der Waals surface area contributed by atoms with Crippen molar-refractivity contribution in [2.45, 2.75) is 65.9 Å². The first-order valence-corrected chi connectivity index (χ1v) is 11.3. The third kappa shape index (κ3) is 7.19. The van der Waals surface area contributed by atoms with E-state index in [1.54, 1.807) is 14.2 Å². The molecule has 0 saturated carbocycles.